The van der Waals surface area contributed by atoms with E-state index in [-0.39, 0.29) is 40.7 Å². The molecule has 0 spiro atoms. The van der Waals surface area contributed by atoms with Crippen LogP contribution in [0.4, 0.5) is 0 Å². The number of aliphatic carboxylic acids is 1. The van der Waals surface area contributed by atoms with E-state index in [9.17, 15) is 14.7 Å². The van der Waals surface area contributed by atoms with E-state index in [1.54, 1.807) is 11.8 Å². The first-order valence-corrected chi connectivity index (χ1v) is 15.3. The Labute approximate surface area is 278 Å². The summed E-state index contributed by atoms with van der Waals surface area (Å²) < 4.78 is 6.13. The largest absolute Gasteiger partial charge is 1.00 e. The minimum absolute atomic E-state index is 0. The van der Waals surface area contributed by atoms with Gasteiger partial charge < -0.3 is 20.0 Å². The fourth-order valence-corrected chi connectivity index (χ4v) is 6.23. The number of rotatable bonds is 14. The van der Waals surface area contributed by atoms with Gasteiger partial charge in [0.1, 0.15) is 12.4 Å². The van der Waals surface area contributed by atoms with Crippen molar-refractivity contribution in [3.63, 3.8) is 0 Å². The minimum Gasteiger partial charge on any atom is -0.550 e. The Morgan fingerprint density at radius 3 is 2.57 bits per heavy atom. The molecule has 42 heavy (non-hydrogen) atoms. The molecule has 9 heteroatoms. The quantitative estimate of drug-likeness (QED) is 0.220. The van der Waals surface area contributed by atoms with E-state index >= 15 is 0 Å². The van der Waals surface area contributed by atoms with Crippen LogP contribution in [0.1, 0.15) is 59.1 Å². The number of carbonyl (C=O) groups is 2. The predicted octanol–water partition coefficient (Wildman–Crippen LogP) is 3.40. The van der Waals surface area contributed by atoms with Gasteiger partial charge in [-0.05, 0) is 73.7 Å². The van der Waals surface area contributed by atoms with Crippen molar-refractivity contribution in [2.45, 2.75) is 45.0 Å². The number of nitrogens with zero attached hydrogens (tertiary/aromatic N) is 1. The van der Waals surface area contributed by atoms with Crippen molar-refractivity contribution in [1.29, 1.82) is 0 Å². The number of aryl methyl sites for hydroxylation is 1. The molecule has 3 aromatic carbocycles. The molecule has 0 radical (unpaired) electrons. The summed E-state index contributed by atoms with van der Waals surface area (Å²) >= 11 is 7.74. The number of carboxylic acids is 1. The molecule has 1 N–H and O–H groups in total. The van der Waals surface area contributed by atoms with Crippen molar-refractivity contribution in [1.82, 2.24) is 10.3 Å². The number of halogens is 1. The maximum absolute atomic E-state index is 12.6. The average Bonchev–Trinajstić information content (AvgIpc) is 2.98. The third kappa shape index (κ3) is 9.48. The standard InChI is InChI=1S/C33H35ClN2O4S.Na/c1-3-22(33(38)39)21-41-31(17-14-23-8-5-6-11-29(23)32(37)35-4-2)25-9-7-10-28(18-25)40-20-27-16-13-24-12-15-26(34)19-30(24)36-27;/h5-13,15-16,18-19,22,31H,3-4,14,17,20-21H2,1-2H3,(H,35,37)(H,38,39);/q;+1/p-1. The van der Waals surface area contributed by atoms with E-state index in [4.69, 9.17) is 16.3 Å². The maximum Gasteiger partial charge on any atom is 1.00 e. The van der Waals surface area contributed by atoms with Gasteiger partial charge in [-0.15, -0.1) is 0 Å². The molecule has 1 aromatic heterocycles. The molecule has 0 aliphatic carbocycles. The molecule has 0 bridgehead atoms. The minimum atomic E-state index is -1.03. The Balaban J connectivity index is 0.00000484. The van der Waals surface area contributed by atoms with E-state index in [1.165, 1.54) is 0 Å². The van der Waals surface area contributed by atoms with Crippen LogP contribution < -0.4 is 44.7 Å². The first-order valence-electron chi connectivity index (χ1n) is 13.8. The van der Waals surface area contributed by atoms with Crippen molar-refractivity contribution in [2.75, 3.05) is 12.3 Å². The number of ether oxygens (including phenoxy) is 1. The number of pyridine rings is 1. The maximum atomic E-state index is 12.6. The molecular formula is C33H34ClN2NaO4S. The van der Waals surface area contributed by atoms with Gasteiger partial charge in [-0.1, -0.05) is 61.0 Å². The second kappa shape index (κ2) is 16.9. The van der Waals surface area contributed by atoms with Crippen molar-refractivity contribution in [3.05, 3.63) is 106 Å². The van der Waals surface area contributed by atoms with E-state index in [0.29, 0.717) is 48.1 Å². The van der Waals surface area contributed by atoms with Crippen LogP contribution in [0.25, 0.3) is 10.9 Å². The van der Waals surface area contributed by atoms with Crippen LogP contribution >= 0.6 is 23.4 Å². The van der Waals surface area contributed by atoms with Crippen molar-refractivity contribution < 1.29 is 49.0 Å². The normalized spacial score (nSPS) is 12.3. The number of nitrogens with one attached hydrogen (secondary N) is 1. The number of thioether (sulfide) groups is 1. The summed E-state index contributed by atoms with van der Waals surface area (Å²) in [6, 6.07) is 25.1. The Bertz CT molecular complexity index is 1500. The zero-order chi connectivity index (χ0) is 29.2. The smallest absolute Gasteiger partial charge is 0.550 e. The number of carbonyl (C=O) groups excluding carboxylic acids is 2. The van der Waals surface area contributed by atoms with Crippen LogP contribution in [0.3, 0.4) is 0 Å². The van der Waals surface area contributed by atoms with Gasteiger partial charge >= 0.3 is 29.6 Å². The summed E-state index contributed by atoms with van der Waals surface area (Å²) in [5.41, 5.74) is 4.27. The average molecular weight is 613 g/mol. The van der Waals surface area contributed by atoms with E-state index in [2.05, 4.69) is 10.3 Å². The molecule has 4 aromatic rings. The number of hydrogen-bond donors (Lipinski definition) is 1. The zero-order valence-electron chi connectivity index (χ0n) is 24.3. The first-order chi connectivity index (χ1) is 19.9. The van der Waals surface area contributed by atoms with Gasteiger partial charge in [0.15, 0.2) is 0 Å². The summed E-state index contributed by atoms with van der Waals surface area (Å²) in [5.74, 6) is -0.500. The summed E-state index contributed by atoms with van der Waals surface area (Å²) in [4.78, 5) is 28.9. The molecule has 1 amide bonds. The van der Waals surface area contributed by atoms with Gasteiger partial charge in [-0.25, -0.2) is 4.98 Å². The number of carboxylic acid groups (broad SMARTS) is 1. The molecular weight excluding hydrogens is 579 g/mol. The van der Waals surface area contributed by atoms with Crippen LogP contribution in [-0.4, -0.2) is 29.2 Å². The molecule has 0 aliphatic rings. The second-order valence-electron chi connectivity index (χ2n) is 9.80. The molecule has 214 valence electrons. The summed E-state index contributed by atoms with van der Waals surface area (Å²) in [7, 11) is 0. The van der Waals surface area contributed by atoms with E-state index in [1.807, 2.05) is 92.7 Å². The van der Waals surface area contributed by atoms with Gasteiger partial charge in [0.05, 0.1) is 11.2 Å². The van der Waals surface area contributed by atoms with Crippen molar-refractivity contribution in [2.24, 2.45) is 5.92 Å². The molecule has 0 saturated heterocycles. The Morgan fingerprint density at radius 2 is 1.81 bits per heavy atom. The second-order valence-corrected chi connectivity index (χ2v) is 11.5. The molecule has 1 heterocycles. The molecule has 0 aliphatic heterocycles. The van der Waals surface area contributed by atoms with E-state index < -0.39 is 11.9 Å². The summed E-state index contributed by atoms with van der Waals surface area (Å²) in [6.45, 7) is 4.62. The number of fused-ring (bicyclic) bond motifs is 1. The number of amides is 1. The van der Waals surface area contributed by atoms with Gasteiger partial charge in [0, 0.05) is 45.4 Å². The molecule has 0 saturated carbocycles. The summed E-state index contributed by atoms with van der Waals surface area (Å²) in [5, 5.41) is 16.1. The van der Waals surface area contributed by atoms with Crippen molar-refractivity contribution >= 4 is 46.1 Å². The van der Waals surface area contributed by atoms with Gasteiger partial charge in [-0.3, -0.25) is 4.79 Å². The van der Waals surface area contributed by atoms with Crippen LogP contribution in [0.5, 0.6) is 5.75 Å². The van der Waals surface area contributed by atoms with Crippen molar-refractivity contribution in [3.8, 4) is 5.75 Å². The molecule has 4 rings (SSSR count). The number of aromatic nitrogens is 1. The van der Waals surface area contributed by atoms with E-state index in [0.717, 1.165) is 34.1 Å². The fourth-order valence-electron chi connectivity index (χ4n) is 4.61. The number of hydrogen-bond acceptors (Lipinski definition) is 6. The van der Waals surface area contributed by atoms with Gasteiger partial charge in [-0.2, -0.15) is 11.8 Å². The molecule has 2 atom stereocenters. The zero-order valence-corrected chi connectivity index (χ0v) is 27.8. The molecule has 0 fully saturated rings. The number of benzene rings is 3. The third-order valence-corrected chi connectivity index (χ3v) is 8.67. The topological polar surface area (TPSA) is 91.4 Å². The fraction of sp³-hybridized carbons (Fsp3) is 0.303. The monoisotopic (exact) mass is 612 g/mol. The molecule has 6 nitrogen and oxygen atoms in total. The Morgan fingerprint density at radius 1 is 1.02 bits per heavy atom. The van der Waals surface area contributed by atoms with Crippen LogP contribution in [0.15, 0.2) is 78.9 Å². The van der Waals surface area contributed by atoms with Gasteiger partial charge in [0.25, 0.3) is 5.91 Å². The Hall–Kier alpha value is -2.55. The van der Waals surface area contributed by atoms with Crippen LogP contribution in [-0.2, 0) is 17.8 Å². The molecule has 2 unspecified atom stereocenters. The van der Waals surface area contributed by atoms with Gasteiger partial charge in [0.2, 0.25) is 0 Å². The summed E-state index contributed by atoms with van der Waals surface area (Å²) in [6.07, 6.45) is 1.90. The SMILES string of the molecule is CCNC(=O)c1ccccc1CCC(SCC(CC)C(=O)[O-])c1cccc(OCc2ccc3ccc(Cl)cc3n2)c1.[Na+]. The first kappa shape index (κ1) is 33.9. The predicted molar refractivity (Wildman–Crippen MR) is 164 cm³/mol. The van der Waals surface area contributed by atoms with Crippen LogP contribution in [0.2, 0.25) is 5.02 Å². The Kier molecular flexibility index (Phi) is 13.7. The third-order valence-electron chi connectivity index (χ3n) is 6.93. The van der Waals surface area contributed by atoms with Crippen LogP contribution in [0, 0.1) is 5.92 Å².